The van der Waals surface area contributed by atoms with E-state index in [0.717, 1.165) is 19.4 Å². The zero-order chi connectivity index (χ0) is 16.6. The maximum absolute atomic E-state index is 13.0. The lowest BCUT2D eigenvalue weighted by molar-refractivity contribution is -0.182. The van der Waals surface area contributed by atoms with Crippen LogP contribution in [0.1, 0.15) is 45.2 Å². The van der Waals surface area contributed by atoms with E-state index in [1.54, 1.807) is 6.92 Å². The quantitative estimate of drug-likeness (QED) is 0.805. The first kappa shape index (κ1) is 16.0. The Bertz CT molecular complexity index is 589. The summed E-state index contributed by atoms with van der Waals surface area (Å²) in [5, 5.41) is 0. The predicted octanol–water partition coefficient (Wildman–Crippen LogP) is 2.85. The molecule has 1 unspecified atom stereocenters. The third kappa shape index (κ3) is 2.64. The monoisotopic (exact) mass is 314 g/mol. The number of hydrogen-bond acceptors (Lipinski definition) is 2. The van der Waals surface area contributed by atoms with Gasteiger partial charge in [-0.05, 0) is 24.3 Å². The Labute approximate surface area is 138 Å². The second kappa shape index (κ2) is 5.99. The van der Waals surface area contributed by atoms with E-state index in [1.807, 2.05) is 28.0 Å². The van der Waals surface area contributed by atoms with Crippen molar-refractivity contribution in [2.24, 2.45) is 11.3 Å². The van der Waals surface area contributed by atoms with Crippen molar-refractivity contribution in [1.82, 2.24) is 9.80 Å². The molecule has 0 aromatic heterocycles. The Morgan fingerprint density at radius 3 is 2.35 bits per heavy atom. The van der Waals surface area contributed by atoms with Crippen LogP contribution in [0.15, 0.2) is 30.3 Å². The minimum atomic E-state index is -0.303. The third-order valence-electron chi connectivity index (χ3n) is 5.30. The molecular formula is C19H26N2O2. The van der Waals surface area contributed by atoms with E-state index in [9.17, 15) is 9.59 Å². The smallest absolute Gasteiger partial charge is 0.231 e. The van der Waals surface area contributed by atoms with Gasteiger partial charge in [0, 0.05) is 26.6 Å². The molecule has 0 aliphatic carbocycles. The van der Waals surface area contributed by atoms with Crippen molar-refractivity contribution >= 4 is 11.8 Å². The van der Waals surface area contributed by atoms with Gasteiger partial charge in [0.05, 0.1) is 11.5 Å². The second-order valence-electron chi connectivity index (χ2n) is 7.33. The molecule has 23 heavy (non-hydrogen) atoms. The first-order chi connectivity index (χ1) is 11.0. The zero-order valence-corrected chi connectivity index (χ0v) is 14.3. The second-order valence-corrected chi connectivity index (χ2v) is 7.33. The van der Waals surface area contributed by atoms with Crippen LogP contribution in [0.2, 0.25) is 0 Å². The standard InChI is InChI=1S/C19H26N2O2/c1-14(2)13-21-17(16-7-5-4-6-8-16)19(18(21)23)9-11-20(12-10-19)15(3)22/h4-8,14,17H,9-13H2,1-3H3. The number of amides is 2. The Balaban J connectivity index is 1.87. The zero-order valence-electron chi connectivity index (χ0n) is 14.3. The molecule has 1 aromatic carbocycles. The van der Waals surface area contributed by atoms with Crippen LogP contribution in [0.3, 0.4) is 0 Å². The molecule has 2 aliphatic rings. The lowest BCUT2D eigenvalue weighted by Gasteiger charge is -2.59. The molecule has 0 N–H and O–H groups in total. The van der Waals surface area contributed by atoms with Gasteiger partial charge >= 0.3 is 0 Å². The minimum absolute atomic E-state index is 0.113. The highest BCUT2D eigenvalue weighted by Crippen LogP contribution is 2.56. The van der Waals surface area contributed by atoms with Crippen LogP contribution in [0.25, 0.3) is 0 Å². The van der Waals surface area contributed by atoms with Crippen molar-refractivity contribution in [3.63, 3.8) is 0 Å². The van der Waals surface area contributed by atoms with E-state index in [1.165, 1.54) is 5.56 Å². The van der Waals surface area contributed by atoms with Crippen molar-refractivity contribution in [3.05, 3.63) is 35.9 Å². The summed E-state index contributed by atoms with van der Waals surface area (Å²) >= 11 is 0. The number of hydrogen-bond donors (Lipinski definition) is 0. The fourth-order valence-corrected chi connectivity index (χ4v) is 4.18. The number of carbonyl (C=O) groups is 2. The molecule has 3 rings (SSSR count). The fraction of sp³-hybridized carbons (Fsp3) is 0.579. The van der Waals surface area contributed by atoms with E-state index >= 15 is 0 Å². The highest BCUT2D eigenvalue weighted by atomic mass is 16.2. The van der Waals surface area contributed by atoms with Crippen molar-refractivity contribution in [2.45, 2.75) is 39.7 Å². The molecule has 124 valence electrons. The summed E-state index contributed by atoms with van der Waals surface area (Å²) in [5.74, 6) is 0.852. The summed E-state index contributed by atoms with van der Waals surface area (Å²) in [7, 11) is 0. The topological polar surface area (TPSA) is 40.6 Å². The van der Waals surface area contributed by atoms with E-state index < -0.39 is 0 Å². The summed E-state index contributed by atoms with van der Waals surface area (Å²) in [6.45, 7) is 8.11. The highest BCUT2D eigenvalue weighted by molar-refractivity contribution is 5.91. The summed E-state index contributed by atoms with van der Waals surface area (Å²) in [5.41, 5.74) is 0.923. The molecule has 2 saturated heterocycles. The predicted molar refractivity (Wildman–Crippen MR) is 89.7 cm³/mol. The molecule has 1 aromatic rings. The van der Waals surface area contributed by atoms with Gasteiger partial charge < -0.3 is 9.80 Å². The number of β-lactam (4-membered cyclic amide) rings is 1. The number of likely N-dealkylation sites (tertiary alicyclic amines) is 2. The number of nitrogens with zero attached hydrogens (tertiary/aromatic N) is 2. The molecule has 0 bridgehead atoms. The van der Waals surface area contributed by atoms with Gasteiger partial charge in [-0.1, -0.05) is 44.2 Å². The largest absolute Gasteiger partial charge is 0.343 e. The van der Waals surface area contributed by atoms with Gasteiger partial charge in [0.15, 0.2) is 0 Å². The molecule has 0 radical (unpaired) electrons. The van der Waals surface area contributed by atoms with Crippen LogP contribution in [0, 0.1) is 11.3 Å². The van der Waals surface area contributed by atoms with Gasteiger partial charge in [0.2, 0.25) is 11.8 Å². The van der Waals surface area contributed by atoms with Gasteiger partial charge in [-0.15, -0.1) is 0 Å². The Morgan fingerprint density at radius 1 is 1.22 bits per heavy atom. The maximum Gasteiger partial charge on any atom is 0.231 e. The Kier molecular flexibility index (Phi) is 4.17. The number of benzene rings is 1. The van der Waals surface area contributed by atoms with Gasteiger partial charge in [0.1, 0.15) is 0 Å². The van der Waals surface area contributed by atoms with Crippen LogP contribution in [0.4, 0.5) is 0 Å². The maximum atomic E-state index is 13.0. The average molecular weight is 314 g/mol. The molecule has 1 spiro atoms. The molecule has 2 fully saturated rings. The first-order valence-electron chi connectivity index (χ1n) is 8.57. The number of carbonyl (C=O) groups excluding carboxylic acids is 2. The van der Waals surface area contributed by atoms with Crippen LogP contribution in [-0.4, -0.2) is 41.2 Å². The first-order valence-corrected chi connectivity index (χ1v) is 8.57. The van der Waals surface area contributed by atoms with Gasteiger partial charge in [-0.3, -0.25) is 9.59 Å². The van der Waals surface area contributed by atoms with E-state index in [4.69, 9.17) is 0 Å². The van der Waals surface area contributed by atoms with Gasteiger partial charge in [-0.2, -0.15) is 0 Å². The molecular weight excluding hydrogens is 288 g/mol. The molecule has 4 nitrogen and oxygen atoms in total. The fourth-order valence-electron chi connectivity index (χ4n) is 4.18. The van der Waals surface area contributed by atoms with Gasteiger partial charge in [0.25, 0.3) is 0 Å². The number of rotatable bonds is 3. The van der Waals surface area contributed by atoms with Crippen molar-refractivity contribution < 1.29 is 9.59 Å². The summed E-state index contributed by atoms with van der Waals surface area (Å²) in [4.78, 5) is 28.5. The van der Waals surface area contributed by atoms with Crippen molar-refractivity contribution in [2.75, 3.05) is 19.6 Å². The van der Waals surface area contributed by atoms with E-state index in [2.05, 4.69) is 26.0 Å². The van der Waals surface area contributed by atoms with Crippen LogP contribution >= 0.6 is 0 Å². The normalized spacial score (nSPS) is 23.3. The molecule has 2 amide bonds. The van der Waals surface area contributed by atoms with Crippen LogP contribution in [-0.2, 0) is 9.59 Å². The molecule has 2 aliphatic heterocycles. The molecule has 4 heteroatoms. The SMILES string of the molecule is CC(=O)N1CCC2(CC1)C(=O)N(CC(C)C)C2c1ccccc1. The highest BCUT2D eigenvalue weighted by Gasteiger charge is 2.61. The van der Waals surface area contributed by atoms with Crippen LogP contribution < -0.4 is 0 Å². The van der Waals surface area contributed by atoms with Crippen molar-refractivity contribution in [1.29, 1.82) is 0 Å². The molecule has 1 atom stereocenters. The van der Waals surface area contributed by atoms with E-state index in [-0.39, 0.29) is 23.3 Å². The summed E-state index contributed by atoms with van der Waals surface area (Å²) in [6, 6.07) is 10.5. The summed E-state index contributed by atoms with van der Waals surface area (Å²) < 4.78 is 0. The number of piperidine rings is 1. The van der Waals surface area contributed by atoms with Crippen LogP contribution in [0.5, 0.6) is 0 Å². The van der Waals surface area contributed by atoms with Crippen molar-refractivity contribution in [3.8, 4) is 0 Å². The summed E-state index contributed by atoms with van der Waals surface area (Å²) in [6.07, 6.45) is 1.55. The third-order valence-corrected chi connectivity index (χ3v) is 5.30. The lowest BCUT2D eigenvalue weighted by Crippen LogP contribution is -2.66. The lowest BCUT2D eigenvalue weighted by atomic mass is 9.62. The Morgan fingerprint density at radius 2 is 1.83 bits per heavy atom. The minimum Gasteiger partial charge on any atom is -0.343 e. The van der Waals surface area contributed by atoms with Gasteiger partial charge in [-0.25, -0.2) is 0 Å². The molecule has 0 saturated carbocycles. The molecule has 2 heterocycles. The Hall–Kier alpha value is -1.84. The van der Waals surface area contributed by atoms with E-state index in [0.29, 0.717) is 19.0 Å². The average Bonchev–Trinajstić information content (AvgIpc) is 2.55.